The first-order valence-corrected chi connectivity index (χ1v) is 10.2. The van der Waals surface area contributed by atoms with E-state index in [1.807, 2.05) is 17.2 Å². The number of aromatic nitrogens is 4. The van der Waals surface area contributed by atoms with Crippen LogP contribution in [-0.2, 0) is 11.3 Å². The van der Waals surface area contributed by atoms with Gasteiger partial charge >= 0.3 is 0 Å². The maximum atomic E-state index is 12.8. The van der Waals surface area contributed by atoms with Crippen LogP contribution in [0.2, 0.25) is 0 Å². The van der Waals surface area contributed by atoms with Gasteiger partial charge in [0.1, 0.15) is 0 Å². The van der Waals surface area contributed by atoms with Crippen molar-refractivity contribution in [2.45, 2.75) is 32.2 Å². The highest BCUT2D eigenvalue weighted by atomic mass is 16.2. The number of likely N-dealkylation sites (tertiary alicyclic amines) is 2. The van der Waals surface area contributed by atoms with Crippen LogP contribution in [0.1, 0.15) is 25.7 Å². The molecule has 0 spiro atoms. The highest BCUT2D eigenvalue weighted by Crippen LogP contribution is 2.23. The zero-order chi connectivity index (χ0) is 19.5. The molecule has 2 saturated heterocycles. The Bertz CT molecular complexity index is 854. The van der Waals surface area contributed by atoms with E-state index < -0.39 is 0 Å². The van der Waals surface area contributed by atoms with E-state index in [0.717, 1.165) is 51.9 Å². The largest absolute Gasteiger partial charge is 0.342 e. The maximum Gasteiger partial charge on any atom is 0.266 e. The molecule has 2 aliphatic rings. The lowest BCUT2D eigenvalue weighted by Gasteiger charge is -2.37. The van der Waals surface area contributed by atoms with Crippen LogP contribution in [0.5, 0.6) is 0 Å². The van der Waals surface area contributed by atoms with E-state index in [0.29, 0.717) is 24.2 Å². The number of hydrogen-bond acceptors (Lipinski definition) is 5. The lowest BCUT2D eigenvalue weighted by molar-refractivity contribution is -0.138. The van der Waals surface area contributed by atoms with Gasteiger partial charge in [0.2, 0.25) is 5.91 Å². The number of piperidine rings is 2. The smallest absolute Gasteiger partial charge is 0.266 e. The quantitative estimate of drug-likeness (QED) is 0.786. The van der Waals surface area contributed by atoms with Crippen molar-refractivity contribution in [1.29, 1.82) is 0 Å². The van der Waals surface area contributed by atoms with Gasteiger partial charge in [0.25, 0.3) is 5.56 Å². The Labute approximate surface area is 164 Å². The van der Waals surface area contributed by atoms with Gasteiger partial charge in [-0.3, -0.25) is 9.59 Å². The van der Waals surface area contributed by atoms with Crippen LogP contribution in [0.4, 0.5) is 0 Å². The molecule has 0 bridgehead atoms. The lowest BCUT2D eigenvalue weighted by Crippen LogP contribution is -2.47. The SMILES string of the molecule is CN1CCCC(C(=O)N2CCC(Cn3nc(-n4cccn4)ccc3=O)CC2)C1. The first-order valence-electron chi connectivity index (χ1n) is 10.2. The van der Waals surface area contributed by atoms with Crippen molar-refractivity contribution < 1.29 is 4.79 Å². The number of rotatable bonds is 4. The van der Waals surface area contributed by atoms with E-state index in [9.17, 15) is 9.59 Å². The Kier molecular flexibility index (Phi) is 5.57. The highest BCUT2D eigenvalue weighted by molar-refractivity contribution is 5.79. The number of carbonyl (C=O) groups excluding carboxylic acids is 1. The number of nitrogens with zero attached hydrogens (tertiary/aromatic N) is 6. The zero-order valence-electron chi connectivity index (χ0n) is 16.4. The highest BCUT2D eigenvalue weighted by Gasteiger charge is 2.30. The van der Waals surface area contributed by atoms with E-state index in [1.54, 1.807) is 23.0 Å². The molecule has 2 aromatic rings. The van der Waals surface area contributed by atoms with Crippen LogP contribution >= 0.6 is 0 Å². The molecule has 150 valence electrons. The van der Waals surface area contributed by atoms with Gasteiger partial charge in [0, 0.05) is 44.6 Å². The van der Waals surface area contributed by atoms with E-state index >= 15 is 0 Å². The van der Waals surface area contributed by atoms with Crippen molar-refractivity contribution in [3.63, 3.8) is 0 Å². The van der Waals surface area contributed by atoms with Gasteiger partial charge in [-0.2, -0.15) is 5.10 Å². The summed E-state index contributed by atoms with van der Waals surface area (Å²) in [5.41, 5.74) is -0.0975. The van der Waals surface area contributed by atoms with Gasteiger partial charge < -0.3 is 9.80 Å². The molecule has 0 radical (unpaired) electrons. The summed E-state index contributed by atoms with van der Waals surface area (Å²) in [5.74, 6) is 1.45. The average Bonchev–Trinajstić information content (AvgIpc) is 3.24. The summed E-state index contributed by atoms with van der Waals surface area (Å²) in [4.78, 5) is 29.3. The molecule has 0 saturated carbocycles. The summed E-state index contributed by atoms with van der Waals surface area (Å²) < 4.78 is 3.19. The minimum absolute atomic E-state index is 0.0975. The summed E-state index contributed by atoms with van der Waals surface area (Å²) in [6, 6.07) is 5.06. The van der Waals surface area contributed by atoms with Crippen molar-refractivity contribution in [1.82, 2.24) is 29.4 Å². The first kappa shape index (κ1) is 18.9. The third-order valence-corrected chi connectivity index (χ3v) is 5.92. The van der Waals surface area contributed by atoms with Crippen molar-refractivity contribution >= 4 is 5.91 Å². The average molecular weight is 384 g/mol. The van der Waals surface area contributed by atoms with Crippen molar-refractivity contribution in [3.8, 4) is 5.82 Å². The molecule has 0 N–H and O–H groups in total. The van der Waals surface area contributed by atoms with Crippen molar-refractivity contribution in [2.75, 3.05) is 33.2 Å². The molecule has 1 amide bonds. The Morgan fingerprint density at radius 2 is 2.00 bits per heavy atom. The number of hydrogen-bond donors (Lipinski definition) is 0. The molecular formula is C20H28N6O2. The standard InChI is InChI=1S/C20H28N6O2/c1-23-10-2-4-17(15-23)20(28)24-12-7-16(8-13-24)14-26-19(27)6-5-18(22-26)25-11-3-9-21-25/h3,5-6,9,11,16-17H,2,4,7-8,10,12-15H2,1H3. The van der Waals surface area contributed by atoms with E-state index in [-0.39, 0.29) is 11.5 Å². The van der Waals surface area contributed by atoms with Gasteiger partial charge in [-0.05, 0) is 57.3 Å². The van der Waals surface area contributed by atoms with Crippen LogP contribution in [-0.4, -0.2) is 68.5 Å². The molecule has 4 heterocycles. The molecule has 8 heteroatoms. The monoisotopic (exact) mass is 384 g/mol. The molecule has 1 atom stereocenters. The number of amides is 1. The van der Waals surface area contributed by atoms with Gasteiger partial charge in [0.05, 0.1) is 5.92 Å². The van der Waals surface area contributed by atoms with Crippen LogP contribution in [0.15, 0.2) is 35.4 Å². The molecule has 2 aromatic heterocycles. The zero-order valence-corrected chi connectivity index (χ0v) is 16.4. The third-order valence-electron chi connectivity index (χ3n) is 5.92. The second-order valence-corrected chi connectivity index (χ2v) is 8.03. The maximum absolute atomic E-state index is 12.8. The van der Waals surface area contributed by atoms with Crippen molar-refractivity contribution in [2.24, 2.45) is 11.8 Å². The van der Waals surface area contributed by atoms with Gasteiger partial charge in [-0.25, -0.2) is 9.36 Å². The first-order chi connectivity index (χ1) is 13.6. The normalized spacial score (nSPS) is 21.8. The summed E-state index contributed by atoms with van der Waals surface area (Å²) in [7, 11) is 2.09. The topological polar surface area (TPSA) is 76.3 Å². The van der Waals surface area contributed by atoms with Crippen molar-refractivity contribution in [3.05, 3.63) is 40.9 Å². The molecule has 0 aliphatic carbocycles. The Morgan fingerprint density at radius 1 is 1.18 bits per heavy atom. The molecule has 2 aliphatic heterocycles. The van der Waals surface area contributed by atoms with Crippen LogP contribution < -0.4 is 5.56 Å². The summed E-state index contributed by atoms with van der Waals surface area (Å²) in [6.45, 7) is 4.10. The third kappa shape index (κ3) is 4.16. The second-order valence-electron chi connectivity index (χ2n) is 8.03. The fraction of sp³-hybridized carbons (Fsp3) is 0.600. The molecule has 2 fully saturated rings. The Morgan fingerprint density at radius 3 is 2.71 bits per heavy atom. The van der Waals surface area contributed by atoms with E-state index in [2.05, 4.69) is 22.1 Å². The van der Waals surface area contributed by atoms with Gasteiger partial charge in [0.15, 0.2) is 5.82 Å². The molecule has 8 nitrogen and oxygen atoms in total. The fourth-order valence-electron chi connectivity index (χ4n) is 4.30. The second kappa shape index (κ2) is 8.26. The fourth-order valence-corrected chi connectivity index (χ4v) is 4.30. The summed E-state index contributed by atoms with van der Waals surface area (Å²) in [6.07, 6.45) is 7.42. The minimum Gasteiger partial charge on any atom is -0.342 e. The van der Waals surface area contributed by atoms with Crippen LogP contribution in [0, 0.1) is 11.8 Å². The predicted molar refractivity (Wildman–Crippen MR) is 105 cm³/mol. The Balaban J connectivity index is 1.35. The van der Waals surface area contributed by atoms with Crippen LogP contribution in [0.25, 0.3) is 5.82 Å². The van der Waals surface area contributed by atoms with Gasteiger partial charge in [-0.15, -0.1) is 5.10 Å². The van der Waals surface area contributed by atoms with Crippen LogP contribution in [0.3, 0.4) is 0 Å². The lowest BCUT2D eigenvalue weighted by atomic mass is 9.93. The van der Waals surface area contributed by atoms with Gasteiger partial charge in [-0.1, -0.05) is 0 Å². The Hall–Kier alpha value is -2.48. The van der Waals surface area contributed by atoms with E-state index in [4.69, 9.17) is 0 Å². The molecule has 1 unspecified atom stereocenters. The molecule has 0 aromatic carbocycles. The predicted octanol–water partition coefficient (Wildman–Crippen LogP) is 1.01. The number of carbonyl (C=O) groups is 1. The molecular weight excluding hydrogens is 356 g/mol. The van der Waals surface area contributed by atoms with E-state index in [1.165, 1.54) is 4.68 Å². The molecule has 4 rings (SSSR count). The summed E-state index contributed by atoms with van der Waals surface area (Å²) >= 11 is 0. The summed E-state index contributed by atoms with van der Waals surface area (Å²) in [5, 5.41) is 8.64. The molecule has 28 heavy (non-hydrogen) atoms. The minimum atomic E-state index is -0.0975.